The van der Waals surface area contributed by atoms with E-state index in [0.29, 0.717) is 0 Å². The third-order valence-corrected chi connectivity index (χ3v) is 3.12. The minimum Gasteiger partial charge on any atom is -0.479 e. The first-order chi connectivity index (χ1) is 9.83. The number of aliphatic hydroxyl groups is 5. The lowest BCUT2D eigenvalue weighted by atomic mass is 9.99. The molecule has 1 fully saturated rings. The molecule has 6 N–H and O–H groups in total. The van der Waals surface area contributed by atoms with Crippen molar-refractivity contribution in [3.63, 3.8) is 0 Å². The first kappa shape index (κ1) is 18.2. The molecule has 2 unspecified atom stereocenters. The topological polar surface area (TPSA) is 166 Å². The molecule has 0 amide bonds. The van der Waals surface area contributed by atoms with Crippen molar-refractivity contribution in [2.45, 2.75) is 42.9 Å². The fraction of sp³-hybridized carbons (Fsp3) is 0.909. The van der Waals surface area contributed by atoms with Crippen LogP contribution in [-0.4, -0.2) is 99.8 Å². The van der Waals surface area contributed by atoms with Gasteiger partial charge in [0, 0.05) is 7.11 Å². The SMILES string of the molecule is CO[C@@H]1O[C@H](COC(C(=O)O)C(O)CO)[C@@H](O)[C@H](O)[C@H]1O. The fourth-order valence-electron chi connectivity index (χ4n) is 1.89. The van der Waals surface area contributed by atoms with Crippen molar-refractivity contribution >= 4 is 5.97 Å². The normalized spacial score (nSPS) is 36.2. The summed E-state index contributed by atoms with van der Waals surface area (Å²) in [7, 11) is 1.21. The van der Waals surface area contributed by atoms with Crippen molar-refractivity contribution in [2.75, 3.05) is 20.3 Å². The van der Waals surface area contributed by atoms with Gasteiger partial charge in [0.2, 0.25) is 0 Å². The minimum atomic E-state index is -1.73. The van der Waals surface area contributed by atoms with Crippen LogP contribution in [0.5, 0.6) is 0 Å². The summed E-state index contributed by atoms with van der Waals surface area (Å²) in [5.41, 5.74) is 0. The average Bonchev–Trinajstić information content (AvgIpc) is 2.46. The Kier molecular flexibility index (Phi) is 6.90. The highest BCUT2D eigenvalue weighted by molar-refractivity contribution is 5.73. The van der Waals surface area contributed by atoms with Crippen molar-refractivity contribution in [2.24, 2.45) is 0 Å². The second-order valence-electron chi connectivity index (χ2n) is 4.59. The molecule has 7 atom stereocenters. The molecule has 0 aromatic rings. The van der Waals surface area contributed by atoms with Gasteiger partial charge < -0.3 is 44.8 Å². The van der Waals surface area contributed by atoms with E-state index >= 15 is 0 Å². The highest BCUT2D eigenvalue weighted by Gasteiger charge is 2.44. The van der Waals surface area contributed by atoms with Gasteiger partial charge in [-0.3, -0.25) is 0 Å². The number of carboxylic acids is 1. The van der Waals surface area contributed by atoms with Gasteiger partial charge in [0.1, 0.15) is 30.5 Å². The maximum atomic E-state index is 10.9. The van der Waals surface area contributed by atoms with Crippen molar-refractivity contribution in [3.8, 4) is 0 Å². The molecule has 0 bridgehead atoms. The quantitative estimate of drug-likeness (QED) is 0.275. The van der Waals surface area contributed by atoms with Gasteiger partial charge in [-0.05, 0) is 0 Å². The van der Waals surface area contributed by atoms with Crippen LogP contribution in [0.2, 0.25) is 0 Å². The highest BCUT2D eigenvalue weighted by Crippen LogP contribution is 2.22. The van der Waals surface area contributed by atoms with Crippen molar-refractivity contribution in [1.82, 2.24) is 0 Å². The van der Waals surface area contributed by atoms with Crippen LogP contribution in [0, 0.1) is 0 Å². The van der Waals surface area contributed by atoms with Gasteiger partial charge in [0.25, 0.3) is 0 Å². The second kappa shape index (κ2) is 7.96. The molecule has 0 aromatic carbocycles. The minimum absolute atomic E-state index is 0.501. The summed E-state index contributed by atoms with van der Waals surface area (Å²) in [6, 6.07) is 0. The van der Waals surface area contributed by atoms with Gasteiger partial charge in [-0.2, -0.15) is 0 Å². The monoisotopic (exact) mass is 312 g/mol. The van der Waals surface area contributed by atoms with Gasteiger partial charge in [-0.15, -0.1) is 0 Å². The molecule has 0 radical (unpaired) electrons. The summed E-state index contributed by atoms with van der Waals surface area (Å²) in [6.45, 7) is -1.33. The Morgan fingerprint density at radius 1 is 1.24 bits per heavy atom. The molecule has 0 aliphatic carbocycles. The molecule has 21 heavy (non-hydrogen) atoms. The zero-order valence-electron chi connectivity index (χ0n) is 11.3. The Bertz CT molecular complexity index is 335. The van der Waals surface area contributed by atoms with Gasteiger partial charge in [-0.25, -0.2) is 4.79 Å². The number of ether oxygens (including phenoxy) is 3. The van der Waals surface area contributed by atoms with E-state index < -0.39 is 62.1 Å². The molecule has 10 nitrogen and oxygen atoms in total. The van der Waals surface area contributed by atoms with Gasteiger partial charge in [0.05, 0.1) is 13.2 Å². The van der Waals surface area contributed by atoms with E-state index in [1.54, 1.807) is 0 Å². The number of rotatable bonds is 7. The van der Waals surface area contributed by atoms with Crippen LogP contribution in [0.3, 0.4) is 0 Å². The predicted octanol–water partition coefficient (Wildman–Crippen LogP) is -3.74. The third-order valence-electron chi connectivity index (χ3n) is 3.12. The number of aliphatic carboxylic acids is 1. The number of hydrogen-bond acceptors (Lipinski definition) is 9. The third kappa shape index (κ3) is 4.31. The van der Waals surface area contributed by atoms with Crippen molar-refractivity contribution < 1.29 is 49.6 Å². The maximum Gasteiger partial charge on any atom is 0.335 e. The number of carboxylic acid groups (broad SMARTS) is 1. The van der Waals surface area contributed by atoms with E-state index in [0.717, 1.165) is 0 Å². The smallest absolute Gasteiger partial charge is 0.335 e. The lowest BCUT2D eigenvalue weighted by Gasteiger charge is -2.39. The van der Waals surface area contributed by atoms with E-state index in [2.05, 4.69) is 0 Å². The first-order valence-electron chi connectivity index (χ1n) is 6.19. The summed E-state index contributed by atoms with van der Waals surface area (Å²) in [5, 5.41) is 55.8. The second-order valence-corrected chi connectivity index (χ2v) is 4.59. The fourth-order valence-corrected chi connectivity index (χ4v) is 1.89. The van der Waals surface area contributed by atoms with Crippen LogP contribution in [-0.2, 0) is 19.0 Å². The highest BCUT2D eigenvalue weighted by atomic mass is 16.7. The Labute approximate surface area is 120 Å². The molecule has 0 saturated carbocycles. The summed E-state index contributed by atoms with van der Waals surface area (Å²) in [4.78, 5) is 10.9. The van der Waals surface area contributed by atoms with Gasteiger partial charge in [0.15, 0.2) is 12.4 Å². The van der Waals surface area contributed by atoms with Crippen molar-refractivity contribution in [1.29, 1.82) is 0 Å². The van der Waals surface area contributed by atoms with Crippen LogP contribution in [0.25, 0.3) is 0 Å². The lowest BCUT2D eigenvalue weighted by molar-refractivity contribution is -0.298. The molecule has 0 spiro atoms. The Balaban J connectivity index is 2.66. The zero-order chi connectivity index (χ0) is 16.2. The molecule has 0 aromatic heterocycles. The molecule has 1 rings (SSSR count). The number of aliphatic hydroxyl groups excluding tert-OH is 5. The largest absolute Gasteiger partial charge is 0.479 e. The van der Waals surface area contributed by atoms with E-state index in [1.807, 2.05) is 0 Å². The summed E-state index contributed by atoms with van der Waals surface area (Å²) < 4.78 is 14.8. The summed E-state index contributed by atoms with van der Waals surface area (Å²) >= 11 is 0. The standard InChI is InChI=1S/C11H20O10/c1-19-11-8(16)7(15)6(14)5(21-11)3-20-9(10(17)18)4(13)2-12/h4-9,11-16H,2-3H2,1H3,(H,17,18)/t4?,5-,6-,7+,8-,9?,11-/m1/s1. The van der Waals surface area contributed by atoms with E-state index in [9.17, 15) is 25.2 Å². The average molecular weight is 312 g/mol. The number of carbonyl (C=O) groups is 1. The molecular formula is C11H20O10. The van der Waals surface area contributed by atoms with Gasteiger partial charge in [-0.1, -0.05) is 0 Å². The number of hydrogen-bond donors (Lipinski definition) is 6. The van der Waals surface area contributed by atoms with Crippen LogP contribution in [0.4, 0.5) is 0 Å². The maximum absolute atomic E-state index is 10.9. The van der Waals surface area contributed by atoms with E-state index in [1.165, 1.54) is 7.11 Å². The van der Waals surface area contributed by atoms with Crippen LogP contribution in [0.15, 0.2) is 0 Å². The van der Waals surface area contributed by atoms with E-state index in [4.69, 9.17) is 24.4 Å². The number of methoxy groups -OCH3 is 1. The van der Waals surface area contributed by atoms with Gasteiger partial charge >= 0.3 is 5.97 Å². The molecule has 1 heterocycles. The Morgan fingerprint density at radius 3 is 2.33 bits per heavy atom. The first-order valence-corrected chi connectivity index (χ1v) is 6.19. The lowest BCUT2D eigenvalue weighted by Crippen LogP contribution is -2.59. The van der Waals surface area contributed by atoms with Crippen LogP contribution < -0.4 is 0 Å². The molecule has 1 aliphatic rings. The zero-order valence-corrected chi connectivity index (χ0v) is 11.3. The molecule has 124 valence electrons. The molecule has 1 aliphatic heterocycles. The molecular weight excluding hydrogens is 292 g/mol. The predicted molar refractivity (Wildman–Crippen MR) is 64.2 cm³/mol. The van der Waals surface area contributed by atoms with Crippen molar-refractivity contribution in [3.05, 3.63) is 0 Å². The van der Waals surface area contributed by atoms with Crippen LogP contribution in [0.1, 0.15) is 0 Å². The Morgan fingerprint density at radius 2 is 1.86 bits per heavy atom. The van der Waals surface area contributed by atoms with Crippen LogP contribution >= 0.6 is 0 Å². The summed E-state index contributed by atoms with van der Waals surface area (Å²) in [6.07, 6.45) is -10.4. The molecule has 10 heteroatoms. The molecule has 1 saturated heterocycles. The summed E-state index contributed by atoms with van der Waals surface area (Å²) in [5.74, 6) is -1.51. The Hall–Kier alpha value is -0.850. The van der Waals surface area contributed by atoms with E-state index in [-0.39, 0.29) is 0 Å².